The summed E-state index contributed by atoms with van der Waals surface area (Å²) in [5.41, 5.74) is 4.90. The number of aromatic nitrogens is 1. The first-order valence-corrected chi connectivity index (χ1v) is 7.62. The van der Waals surface area contributed by atoms with Crippen LogP contribution in [0.3, 0.4) is 0 Å². The van der Waals surface area contributed by atoms with E-state index >= 15 is 0 Å². The first-order valence-electron chi connectivity index (χ1n) is 7.62. The van der Waals surface area contributed by atoms with Crippen LogP contribution in [0.2, 0.25) is 0 Å². The molecular formula is C18H23N3O. The molecule has 0 spiro atoms. The maximum absolute atomic E-state index is 12.1. The molecule has 2 aromatic rings. The van der Waals surface area contributed by atoms with Gasteiger partial charge in [-0.05, 0) is 44.4 Å². The molecule has 1 amide bonds. The summed E-state index contributed by atoms with van der Waals surface area (Å²) >= 11 is 0. The fourth-order valence-electron chi connectivity index (χ4n) is 2.32. The fourth-order valence-corrected chi connectivity index (χ4v) is 2.32. The topological polar surface area (TPSA) is 54.0 Å². The summed E-state index contributed by atoms with van der Waals surface area (Å²) in [6, 6.07) is 8.18. The lowest BCUT2D eigenvalue weighted by Crippen LogP contribution is -2.30. The molecule has 0 fully saturated rings. The maximum Gasteiger partial charge on any atom is 0.253 e. The molecule has 0 aliphatic heterocycles. The second kappa shape index (κ2) is 7.07. The van der Waals surface area contributed by atoms with E-state index in [0.717, 1.165) is 17.8 Å². The van der Waals surface area contributed by atoms with E-state index in [1.165, 1.54) is 11.1 Å². The highest BCUT2D eigenvalue weighted by molar-refractivity contribution is 5.95. The minimum atomic E-state index is -0.105. The number of aryl methyl sites for hydroxylation is 2. The van der Waals surface area contributed by atoms with Gasteiger partial charge in [0.25, 0.3) is 5.91 Å². The largest absolute Gasteiger partial charge is 0.354 e. The predicted molar refractivity (Wildman–Crippen MR) is 90.7 cm³/mol. The highest BCUT2D eigenvalue weighted by atomic mass is 16.1. The molecule has 0 saturated heterocycles. The Bertz CT molecular complexity index is 665. The van der Waals surface area contributed by atoms with E-state index < -0.39 is 0 Å². The van der Waals surface area contributed by atoms with Crippen LogP contribution in [-0.2, 0) is 6.42 Å². The van der Waals surface area contributed by atoms with Crippen molar-refractivity contribution in [1.82, 2.24) is 10.3 Å². The molecule has 0 saturated carbocycles. The Hall–Kier alpha value is -2.36. The van der Waals surface area contributed by atoms with Gasteiger partial charge < -0.3 is 10.6 Å². The number of benzene rings is 1. The van der Waals surface area contributed by atoms with Gasteiger partial charge >= 0.3 is 0 Å². The van der Waals surface area contributed by atoms with Crippen LogP contribution in [0, 0.1) is 6.92 Å². The number of nitrogens with one attached hydrogen (secondary N) is 2. The molecule has 0 aliphatic rings. The van der Waals surface area contributed by atoms with Gasteiger partial charge in [-0.1, -0.05) is 25.1 Å². The Morgan fingerprint density at radius 2 is 2.05 bits per heavy atom. The Morgan fingerprint density at radius 1 is 1.27 bits per heavy atom. The SMILES string of the molecule is CCc1cccc(C)c1Nc1cncc(C(=O)NC(C)C)c1. The van der Waals surface area contributed by atoms with Gasteiger partial charge in [-0.3, -0.25) is 9.78 Å². The number of pyridine rings is 1. The number of hydrogen-bond donors (Lipinski definition) is 2. The number of carbonyl (C=O) groups excluding carboxylic acids is 1. The molecule has 4 nitrogen and oxygen atoms in total. The van der Waals surface area contributed by atoms with Gasteiger partial charge in [0, 0.05) is 17.9 Å². The molecule has 4 heteroatoms. The van der Waals surface area contributed by atoms with Gasteiger partial charge in [0.05, 0.1) is 17.4 Å². The summed E-state index contributed by atoms with van der Waals surface area (Å²) in [5, 5.41) is 6.28. The number of anilines is 2. The summed E-state index contributed by atoms with van der Waals surface area (Å²) in [4.78, 5) is 16.2. The second-order valence-corrected chi connectivity index (χ2v) is 5.68. The van der Waals surface area contributed by atoms with E-state index in [0.29, 0.717) is 5.56 Å². The molecule has 1 aromatic heterocycles. The number of rotatable bonds is 5. The van der Waals surface area contributed by atoms with Crippen molar-refractivity contribution in [2.45, 2.75) is 40.2 Å². The van der Waals surface area contributed by atoms with E-state index in [1.54, 1.807) is 12.4 Å². The van der Waals surface area contributed by atoms with Crippen LogP contribution in [0.1, 0.15) is 42.3 Å². The summed E-state index contributed by atoms with van der Waals surface area (Å²) < 4.78 is 0. The lowest BCUT2D eigenvalue weighted by atomic mass is 10.1. The van der Waals surface area contributed by atoms with Crippen molar-refractivity contribution in [3.63, 3.8) is 0 Å². The number of hydrogen-bond acceptors (Lipinski definition) is 3. The van der Waals surface area contributed by atoms with Crippen LogP contribution < -0.4 is 10.6 Å². The average Bonchev–Trinajstić information content (AvgIpc) is 2.49. The van der Waals surface area contributed by atoms with Gasteiger partial charge in [-0.15, -0.1) is 0 Å². The normalized spacial score (nSPS) is 10.6. The highest BCUT2D eigenvalue weighted by Gasteiger charge is 2.10. The minimum Gasteiger partial charge on any atom is -0.354 e. The predicted octanol–water partition coefficient (Wildman–Crippen LogP) is 3.83. The molecule has 0 unspecified atom stereocenters. The Kier molecular flexibility index (Phi) is 5.15. The first kappa shape index (κ1) is 16.0. The van der Waals surface area contributed by atoms with E-state index in [1.807, 2.05) is 19.9 Å². The molecule has 0 radical (unpaired) electrons. The molecule has 1 heterocycles. The minimum absolute atomic E-state index is 0.104. The summed E-state index contributed by atoms with van der Waals surface area (Å²) in [7, 11) is 0. The number of carbonyl (C=O) groups is 1. The summed E-state index contributed by atoms with van der Waals surface area (Å²) in [6.07, 6.45) is 4.27. The zero-order chi connectivity index (χ0) is 16.1. The first-order chi connectivity index (χ1) is 10.5. The van der Waals surface area contributed by atoms with Crippen molar-refractivity contribution < 1.29 is 4.79 Å². The smallest absolute Gasteiger partial charge is 0.253 e. The van der Waals surface area contributed by atoms with Gasteiger partial charge in [0.2, 0.25) is 0 Å². The van der Waals surface area contributed by atoms with Crippen molar-refractivity contribution in [3.05, 3.63) is 53.3 Å². The quantitative estimate of drug-likeness (QED) is 0.881. The van der Waals surface area contributed by atoms with E-state index in [2.05, 4.69) is 47.7 Å². The molecule has 1 aromatic carbocycles. The Labute approximate surface area is 132 Å². The van der Waals surface area contributed by atoms with Crippen molar-refractivity contribution >= 4 is 17.3 Å². The maximum atomic E-state index is 12.1. The van der Waals surface area contributed by atoms with Crippen molar-refractivity contribution in [2.24, 2.45) is 0 Å². The van der Waals surface area contributed by atoms with Gasteiger partial charge in [-0.2, -0.15) is 0 Å². The molecular weight excluding hydrogens is 274 g/mol. The van der Waals surface area contributed by atoms with Crippen LogP contribution in [0.5, 0.6) is 0 Å². The van der Waals surface area contributed by atoms with Crippen LogP contribution in [0.4, 0.5) is 11.4 Å². The molecule has 0 bridgehead atoms. The van der Waals surface area contributed by atoms with Crippen molar-refractivity contribution in [2.75, 3.05) is 5.32 Å². The second-order valence-electron chi connectivity index (χ2n) is 5.68. The van der Waals surface area contributed by atoms with Crippen LogP contribution in [-0.4, -0.2) is 16.9 Å². The third-order valence-electron chi connectivity index (χ3n) is 3.43. The zero-order valence-electron chi connectivity index (χ0n) is 13.6. The summed E-state index contributed by atoms with van der Waals surface area (Å²) in [5.74, 6) is -0.105. The third-order valence-corrected chi connectivity index (χ3v) is 3.43. The van der Waals surface area contributed by atoms with Crippen molar-refractivity contribution in [1.29, 1.82) is 0 Å². The van der Waals surface area contributed by atoms with Crippen LogP contribution >= 0.6 is 0 Å². The molecule has 2 N–H and O–H groups in total. The average molecular weight is 297 g/mol. The van der Waals surface area contributed by atoms with Gasteiger partial charge in [0.1, 0.15) is 0 Å². The van der Waals surface area contributed by atoms with E-state index in [-0.39, 0.29) is 11.9 Å². The van der Waals surface area contributed by atoms with Crippen LogP contribution in [0.25, 0.3) is 0 Å². The monoisotopic (exact) mass is 297 g/mol. The van der Waals surface area contributed by atoms with Crippen molar-refractivity contribution in [3.8, 4) is 0 Å². The number of amides is 1. The van der Waals surface area contributed by atoms with E-state index in [4.69, 9.17) is 0 Å². The van der Waals surface area contributed by atoms with Gasteiger partial charge in [-0.25, -0.2) is 0 Å². The number of nitrogens with zero attached hydrogens (tertiary/aromatic N) is 1. The highest BCUT2D eigenvalue weighted by Crippen LogP contribution is 2.25. The Balaban J connectivity index is 2.26. The third kappa shape index (κ3) is 3.85. The van der Waals surface area contributed by atoms with E-state index in [9.17, 15) is 4.79 Å². The lowest BCUT2D eigenvalue weighted by molar-refractivity contribution is 0.0943. The van der Waals surface area contributed by atoms with Gasteiger partial charge in [0.15, 0.2) is 0 Å². The molecule has 22 heavy (non-hydrogen) atoms. The fraction of sp³-hybridized carbons (Fsp3) is 0.333. The lowest BCUT2D eigenvalue weighted by Gasteiger charge is -2.14. The Morgan fingerprint density at radius 3 is 2.73 bits per heavy atom. The molecule has 0 aliphatic carbocycles. The zero-order valence-corrected chi connectivity index (χ0v) is 13.6. The number of para-hydroxylation sites is 1. The molecule has 2 rings (SSSR count). The van der Waals surface area contributed by atoms with Crippen LogP contribution in [0.15, 0.2) is 36.7 Å². The summed E-state index contributed by atoms with van der Waals surface area (Å²) in [6.45, 7) is 8.08. The molecule has 0 atom stereocenters. The molecule has 116 valence electrons. The standard InChI is InChI=1S/C18H23N3O/c1-5-14-8-6-7-13(4)17(14)21-16-9-15(10-19-11-16)18(22)20-12(2)3/h6-12,21H,5H2,1-4H3,(H,20,22).